The molecule has 0 bridgehead atoms. The number of hydrogen-bond acceptors (Lipinski definition) is 3. The third kappa shape index (κ3) is 2.93. The van der Waals surface area contributed by atoms with Crippen LogP contribution in [0.4, 0.5) is 0 Å². The van der Waals surface area contributed by atoms with Crippen molar-refractivity contribution in [1.29, 1.82) is 0 Å². The fourth-order valence-corrected chi connectivity index (χ4v) is 1.74. The van der Waals surface area contributed by atoms with Gasteiger partial charge in [0.05, 0.1) is 10.6 Å². The highest BCUT2D eigenvalue weighted by Gasteiger charge is 2.13. The minimum Gasteiger partial charge on any atom is -0.437 e. The number of pyridine rings is 1. The molecular weight excluding hydrogens is 296 g/mol. The van der Waals surface area contributed by atoms with Crippen LogP contribution in [0.3, 0.4) is 0 Å². The number of aromatic nitrogens is 1. The quantitative estimate of drug-likeness (QED) is 0.780. The Morgan fingerprint density at radius 3 is 2.72 bits per heavy atom. The molecule has 0 aliphatic heterocycles. The first kappa shape index (κ1) is 13.1. The third-order valence-electron chi connectivity index (χ3n) is 2.08. The van der Waals surface area contributed by atoms with Gasteiger partial charge in [-0.1, -0.05) is 23.2 Å². The Kier molecular flexibility index (Phi) is 4.07. The van der Waals surface area contributed by atoms with Crippen LogP contribution in [0.1, 0.15) is 10.4 Å². The molecule has 0 unspecified atom stereocenters. The standard InChI is InChI=1S/C12H6Cl3NO2/c13-7-3-4-9(14)10(6-7)18-12-8(11(15)17)2-1-5-16-12/h1-6H. The zero-order valence-electron chi connectivity index (χ0n) is 8.86. The van der Waals surface area contributed by atoms with E-state index in [1.54, 1.807) is 18.2 Å². The highest BCUT2D eigenvalue weighted by Crippen LogP contribution is 2.32. The summed E-state index contributed by atoms with van der Waals surface area (Å²) in [5.74, 6) is 0.392. The second kappa shape index (κ2) is 5.57. The van der Waals surface area contributed by atoms with Crippen LogP contribution in [0.5, 0.6) is 11.6 Å². The van der Waals surface area contributed by atoms with Crippen molar-refractivity contribution in [1.82, 2.24) is 4.98 Å². The molecular formula is C12H6Cl3NO2. The van der Waals surface area contributed by atoms with Crippen LogP contribution in [-0.2, 0) is 0 Å². The van der Waals surface area contributed by atoms with E-state index in [2.05, 4.69) is 4.98 Å². The molecule has 0 amide bonds. The lowest BCUT2D eigenvalue weighted by molar-refractivity contribution is 0.107. The van der Waals surface area contributed by atoms with Gasteiger partial charge in [0, 0.05) is 17.3 Å². The Morgan fingerprint density at radius 1 is 1.22 bits per heavy atom. The Bertz CT molecular complexity index is 602. The number of ether oxygens (including phenoxy) is 1. The van der Waals surface area contributed by atoms with E-state index in [9.17, 15) is 4.79 Å². The van der Waals surface area contributed by atoms with Crippen molar-refractivity contribution in [3.63, 3.8) is 0 Å². The molecule has 3 nitrogen and oxygen atoms in total. The van der Waals surface area contributed by atoms with Crippen molar-refractivity contribution < 1.29 is 9.53 Å². The van der Waals surface area contributed by atoms with Crippen LogP contribution in [0, 0.1) is 0 Å². The van der Waals surface area contributed by atoms with E-state index in [-0.39, 0.29) is 11.4 Å². The molecule has 0 fully saturated rings. The molecule has 0 aliphatic rings. The first-order chi connectivity index (χ1) is 8.58. The maximum absolute atomic E-state index is 11.2. The van der Waals surface area contributed by atoms with Crippen molar-refractivity contribution in [2.45, 2.75) is 0 Å². The molecule has 1 heterocycles. The van der Waals surface area contributed by atoms with Crippen molar-refractivity contribution in [2.75, 3.05) is 0 Å². The van der Waals surface area contributed by atoms with E-state index < -0.39 is 5.24 Å². The number of carbonyl (C=O) groups is 1. The second-order valence-electron chi connectivity index (χ2n) is 3.31. The largest absolute Gasteiger partial charge is 0.437 e. The lowest BCUT2D eigenvalue weighted by Gasteiger charge is -2.08. The summed E-state index contributed by atoms with van der Waals surface area (Å²) >= 11 is 17.2. The lowest BCUT2D eigenvalue weighted by atomic mass is 10.3. The fraction of sp³-hybridized carbons (Fsp3) is 0. The number of benzene rings is 1. The average Bonchev–Trinajstić information content (AvgIpc) is 2.34. The van der Waals surface area contributed by atoms with Crippen LogP contribution in [0.15, 0.2) is 36.5 Å². The molecule has 1 aromatic carbocycles. The number of rotatable bonds is 3. The predicted molar refractivity (Wildman–Crippen MR) is 71.0 cm³/mol. The van der Waals surface area contributed by atoms with Gasteiger partial charge < -0.3 is 4.74 Å². The van der Waals surface area contributed by atoms with Crippen molar-refractivity contribution in [2.24, 2.45) is 0 Å². The summed E-state index contributed by atoms with van der Waals surface area (Å²) in [6, 6.07) is 7.84. The van der Waals surface area contributed by atoms with Gasteiger partial charge in [0.1, 0.15) is 5.75 Å². The van der Waals surface area contributed by atoms with E-state index in [1.165, 1.54) is 18.3 Å². The smallest absolute Gasteiger partial charge is 0.257 e. The molecule has 1 aromatic heterocycles. The number of carbonyl (C=O) groups excluding carboxylic acids is 1. The highest BCUT2D eigenvalue weighted by molar-refractivity contribution is 6.68. The molecule has 0 N–H and O–H groups in total. The molecule has 6 heteroatoms. The molecule has 0 aliphatic carbocycles. The average molecular weight is 303 g/mol. The van der Waals surface area contributed by atoms with Gasteiger partial charge in [-0.15, -0.1) is 0 Å². The Morgan fingerprint density at radius 2 is 2.00 bits per heavy atom. The van der Waals surface area contributed by atoms with Gasteiger partial charge in [-0.25, -0.2) is 4.98 Å². The van der Waals surface area contributed by atoms with Crippen molar-refractivity contribution in [3.8, 4) is 11.6 Å². The van der Waals surface area contributed by atoms with Crippen LogP contribution >= 0.6 is 34.8 Å². The summed E-state index contributed by atoms with van der Waals surface area (Å²) in [6.45, 7) is 0. The highest BCUT2D eigenvalue weighted by atomic mass is 35.5. The topological polar surface area (TPSA) is 39.2 Å². The third-order valence-corrected chi connectivity index (χ3v) is 2.83. The van der Waals surface area contributed by atoms with Gasteiger partial charge in [0.25, 0.3) is 5.24 Å². The van der Waals surface area contributed by atoms with E-state index in [0.29, 0.717) is 15.8 Å². The van der Waals surface area contributed by atoms with Gasteiger partial charge in [0.15, 0.2) is 0 Å². The minimum atomic E-state index is -0.656. The lowest BCUT2D eigenvalue weighted by Crippen LogP contribution is -1.97. The van der Waals surface area contributed by atoms with Crippen LogP contribution in [-0.4, -0.2) is 10.2 Å². The predicted octanol–water partition coefficient (Wildman–Crippen LogP) is 4.56. The monoisotopic (exact) mass is 301 g/mol. The fourth-order valence-electron chi connectivity index (χ4n) is 1.28. The second-order valence-corrected chi connectivity index (χ2v) is 4.49. The molecule has 0 saturated heterocycles. The molecule has 92 valence electrons. The summed E-state index contributed by atoms with van der Waals surface area (Å²) in [4.78, 5) is 15.1. The van der Waals surface area contributed by atoms with Crippen LogP contribution in [0.25, 0.3) is 0 Å². The maximum Gasteiger partial charge on any atom is 0.257 e. The maximum atomic E-state index is 11.2. The van der Waals surface area contributed by atoms with E-state index in [0.717, 1.165) is 0 Å². The normalized spacial score (nSPS) is 10.2. The molecule has 2 rings (SSSR count). The first-order valence-corrected chi connectivity index (χ1v) is 5.99. The summed E-state index contributed by atoms with van der Waals surface area (Å²) in [7, 11) is 0. The molecule has 0 atom stereocenters. The van der Waals surface area contributed by atoms with Gasteiger partial charge in [-0.2, -0.15) is 0 Å². The molecule has 2 aromatic rings. The molecule has 0 radical (unpaired) electrons. The number of nitrogens with zero attached hydrogens (tertiary/aromatic N) is 1. The van der Waals surface area contributed by atoms with E-state index in [1.807, 2.05) is 0 Å². The Labute approximate surface area is 118 Å². The first-order valence-electron chi connectivity index (χ1n) is 4.85. The van der Waals surface area contributed by atoms with Gasteiger partial charge >= 0.3 is 0 Å². The molecule has 0 spiro atoms. The number of halogens is 3. The van der Waals surface area contributed by atoms with E-state index in [4.69, 9.17) is 39.5 Å². The summed E-state index contributed by atoms with van der Waals surface area (Å²) in [5, 5.41) is 0.165. The van der Waals surface area contributed by atoms with Gasteiger partial charge in [-0.05, 0) is 35.9 Å². The zero-order valence-corrected chi connectivity index (χ0v) is 11.1. The molecule has 18 heavy (non-hydrogen) atoms. The summed E-state index contributed by atoms with van der Waals surface area (Å²) < 4.78 is 5.45. The van der Waals surface area contributed by atoms with Crippen molar-refractivity contribution in [3.05, 3.63) is 52.1 Å². The zero-order chi connectivity index (χ0) is 13.1. The molecule has 0 saturated carbocycles. The van der Waals surface area contributed by atoms with Gasteiger partial charge in [0.2, 0.25) is 5.88 Å². The van der Waals surface area contributed by atoms with E-state index >= 15 is 0 Å². The van der Waals surface area contributed by atoms with Crippen LogP contribution < -0.4 is 4.74 Å². The Balaban J connectivity index is 2.40. The van der Waals surface area contributed by atoms with Gasteiger partial charge in [-0.3, -0.25) is 4.79 Å². The number of hydrogen-bond donors (Lipinski definition) is 0. The Hall–Kier alpha value is -1.29. The van der Waals surface area contributed by atoms with Crippen molar-refractivity contribution >= 4 is 40.0 Å². The summed E-state index contributed by atoms with van der Waals surface area (Å²) in [5.41, 5.74) is 0.162. The SMILES string of the molecule is O=C(Cl)c1cccnc1Oc1cc(Cl)ccc1Cl. The minimum absolute atomic E-state index is 0.0849. The van der Waals surface area contributed by atoms with Crippen LogP contribution in [0.2, 0.25) is 10.0 Å². The summed E-state index contributed by atoms with van der Waals surface area (Å²) in [6.07, 6.45) is 1.48.